The van der Waals surface area contributed by atoms with Crippen molar-refractivity contribution in [1.82, 2.24) is 0 Å². The monoisotopic (exact) mass is 336 g/mol. The Morgan fingerprint density at radius 2 is 1.54 bits per heavy atom. The number of carboxylic acids is 1. The van der Waals surface area contributed by atoms with Crippen LogP contribution in [0.1, 0.15) is 64.7 Å². The summed E-state index contributed by atoms with van der Waals surface area (Å²) in [5.74, 6) is -2.57. The maximum absolute atomic E-state index is 10.3. The van der Waals surface area contributed by atoms with Crippen LogP contribution in [0.5, 0.6) is 0 Å². The molecular formula is C20H32O4. The molecule has 0 fully saturated rings. The summed E-state index contributed by atoms with van der Waals surface area (Å²) in [6.07, 6.45) is 21.4. The maximum Gasteiger partial charge on any atom is 0.303 e. The highest BCUT2D eigenvalue weighted by Crippen LogP contribution is 2.10. The highest BCUT2D eigenvalue weighted by Gasteiger charge is 2.15. The molecule has 0 unspecified atom stereocenters. The molecule has 0 aromatic rings. The van der Waals surface area contributed by atoms with Gasteiger partial charge in [0.25, 0.3) is 0 Å². The van der Waals surface area contributed by atoms with E-state index in [4.69, 9.17) is 5.11 Å². The number of hydrogen-bond acceptors (Lipinski definition) is 3. The zero-order valence-electron chi connectivity index (χ0n) is 14.7. The van der Waals surface area contributed by atoms with Gasteiger partial charge in [0, 0.05) is 12.8 Å². The zero-order chi connectivity index (χ0) is 18.1. The molecule has 0 radical (unpaired) electrons. The van der Waals surface area contributed by atoms with Crippen LogP contribution in [0.4, 0.5) is 0 Å². The summed E-state index contributed by atoms with van der Waals surface area (Å²) < 4.78 is 0. The minimum absolute atomic E-state index is 0.183. The van der Waals surface area contributed by atoms with Gasteiger partial charge in [-0.15, -0.1) is 0 Å². The van der Waals surface area contributed by atoms with E-state index in [0.29, 0.717) is 6.42 Å². The Bertz CT molecular complexity index is 431. The second-order valence-corrected chi connectivity index (χ2v) is 5.86. The molecule has 24 heavy (non-hydrogen) atoms. The minimum Gasteiger partial charge on any atom is -0.481 e. The van der Waals surface area contributed by atoms with Crippen LogP contribution in [-0.2, 0) is 4.79 Å². The van der Waals surface area contributed by atoms with Gasteiger partial charge in [0.05, 0.1) is 0 Å². The van der Waals surface area contributed by atoms with E-state index in [9.17, 15) is 15.0 Å². The maximum atomic E-state index is 10.3. The topological polar surface area (TPSA) is 77.8 Å². The van der Waals surface area contributed by atoms with E-state index in [2.05, 4.69) is 6.92 Å². The van der Waals surface area contributed by atoms with Crippen molar-refractivity contribution in [1.29, 1.82) is 0 Å². The second kappa shape index (κ2) is 14.9. The number of rotatable bonds is 14. The molecule has 0 atom stereocenters. The lowest BCUT2D eigenvalue weighted by Gasteiger charge is -2.14. The van der Waals surface area contributed by atoms with Gasteiger partial charge in [0.2, 0.25) is 0 Å². The Morgan fingerprint density at radius 1 is 0.875 bits per heavy atom. The predicted octanol–water partition coefficient (Wildman–Crippen LogP) is 4.51. The fraction of sp³-hybridized carbons (Fsp3) is 0.550. The molecule has 136 valence electrons. The van der Waals surface area contributed by atoms with Crippen LogP contribution < -0.4 is 0 Å². The van der Waals surface area contributed by atoms with Crippen LogP contribution in [0, 0.1) is 0 Å². The zero-order valence-corrected chi connectivity index (χ0v) is 14.7. The standard InChI is InChI=1S/C20H32O4/c1-2-3-4-5-11-14-17-20(23,24)18-15-12-9-7-6-8-10-13-16-19(21)22/h6-7,9,11-12,14-15,18,23-24H,2-5,8,10,13,16-17H2,1H3,(H,21,22). The second-order valence-electron chi connectivity index (χ2n) is 5.86. The normalized spacial score (nSPS) is 13.1. The summed E-state index contributed by atoms with van der Waals surface area (Å²) in [5.41, 5.74) is 0. The van der Waals surface area contributed by atoms with Crippen molar-refractivity contribution in [2.24, 2.45) is 0 Å². The Morgan fingerprint density at radius 3 is 2.25 bits per heavy atom. The SMILES string of the molecule is CCCCCC=CCC(O)(O)C=CC=CC=CCCCCC(=O)O. The van der Waals surface area contributed by atoms with Crippen molar-refractivity contribution in [3.63, 3.8) is 0 Å². The van der Waals surface area contributed by atoms with Crippen molar-refractivity contribution in [3.05, 3.63) is 48.6 Å². The van der Waals surface area contributed by atoms with Gasteiger partial charge in [0.1, 0.15) is 0 Å². The van der Waals surface area contributed by atoms with E-state index < -0.39 is 11.8 Å². The minimum atomic E-state index is -1.81. The number of aliphatic carboxylic acids is 1. The van der Waals surface area contributed by atoms with Gasteiger partial charge in [-0.1, -0.05) is 62.3 Å². The third-order valence-electron chi connectivity index (χ3n) is 3.40. The summed E-state index contributed by atoms with van der Waals surface area (Å²) in [5, 5.41) is 28.1. The largest absolute Gasteiger partial charge is 0.481 e. The van der Waals surface area contributed by atoms with Gasteiger partial charge in [-0.25, -0.2) is 0 Å². The third kappa shape index (κ3) is 16.7. The van der Waals surface area contributed by atoms with Gasteiger partial charge in [-0.3, -0.25) is 4.79 Å². The summed E-state index contributed by atoms with van der Waals surface area (Å²) in [6.45, 7) is 2.16. The van der Waals surface area contributed by atoms with E-state index in [1.165, 1.54) is 18.9 Å². The highest BCUT2D eigenvalue weighted by atomic mass is 16.5. The fourth-order valence-electron chi connectivity index (χ4n) is 2.01. The summed E-state index contributed by atoms with van der Waals surface area (Å²) >= 11 is 0. The van der Waals surface area contributed by atoms with Gasteiger partial charge in [-0.2, -0.15) is 0 Å². The van der Waals surface area contributed by atoms with Crippen LogP contribution in [0.2, 0.25) is 0 Å². The molecule has 0 aromatic heterocycles. The smallest absolute Gasteiger partial charge is 0.303 e. The van der Waals surface area contributed by atoms with Crippen LogP contribution in [0.3, 0.4) is 0 Å². The summed E-state index contributed by atoms with van der Waals surface area (Å²) in [6, 6.07) is 0. The Kier molecular flexibility index (Phi) is 13.9. The highest BCUT2D eigenvalue weighted by molar-refractivity contribution is 5.66. The number of unbranched alkanes of at least 4 members (excludes halogenated alkanes) is 5. The van der Waals surface area contributed by atoms with Gasteiger partial charge >= 0.3 is 5.97 Å². The molecule has 0 rings (SSSR count). The van der Waals surface area contributed by atoms with Crippen molar-refractivity contribution >= 4 is 5.97 Å². The molecule has 0 saturated carbocycles. The van der Waals surface area contributed by atoms with E-state index in [1.807, 2.05) is 24.3 Å². The molecule has 4 heteroatoms. The van der Waals surface area contributed by atoms with E-state index in [0.717, 1.165) is 25.7 Å². The third-order valence-corrected chi connectivity index (χ3v) is 3.40. The molecular weight excluding hydrogens is 304 g/mol. The lowest BCUT2D eigenvalue weighted by molar-refractivity contribution is -0.137. The Hall–Kier alpha value is -1.65. The van der Waals surface area contributed by atoms with E-state index in [-0.39, 0.29) is 12.8 Å². The van der Waals surface area contributed by atoms with Crippen LogP contribution >= 0.6 is 0 Å². The number of allylic oxidation sites excluding steroid dienone is 6. The van der Waals surface area contributed by atoms with Crippen LogP contribution in [0.15, 0.2) is 48.6 Å². The number of hydrogen-bond donors (Lipinski definition) is 3. The average Bonchev–Trinajstić information content (AvgIpc) is 2.52. The number of aliphatic hydroxyl groups is 2. The first-order chi connectivity index (χ1) is 11.5. The van der Waals surface area contributed by atoms with Crippen molar-refractivity contribution in [3.8, 4) is 0 Å². The Balaban J connectivity index is 3.86. The molecule has 0 heterocycles. The lowest BCUT2D eigenvalue weighted by Crippen LogP contribution is -2.23. The van der Waals surface area contributed by atoms with Gasteiger partial charge in [-0.05, 0) is 38.2 Å². The van der Waals surface area contributed by atoms with Crippen LogP contribution in [0.25, 0.3) is 0 Å². The number of carboxylic acid groups (broad SMARTS) is 1. The number of carbonyl (C=O) groups is 1. The average molecular weight is 336 g/mol. The molecule has 0 aliphatic rings. The quantitative estimate of drug-likeness (QED) is 0.189. The molecule has 3 N–H and O–H groups in total. The van der Waals surface area contributed by atoms with Crippen molar-refractivity contribution < 1.29 is 20.1 Å². The molecule has 0 amide bonds. The lowest BCUT2D eigenvalue weighted by atomic mass is 10.1. The fourth-order valence-corrected chi connectivity index (χ4v) is 2.01. The molecule has 0 bridgehead atoms. The van der Waals surface area contributed by atoms with E-state index in [1.54, 1.807) is 18.2 Å². The van der Waals surface area contributed by atoms with Crippen LogP contribution in [-0.4, -0.2) is 27.1 Å². The molecule has 4 nitrogen and oxygen atoms in total. The van der Waals surface area contributed by atoms with Crippen molar-refractivity contribution in [2.45, 2.75) is 70.5 Å². The van der Waals surface area contributed by atoms with Gasteiger partial charge in [0.15, 0.2) is 5.79 Å². The summed E-state index contributed by atoms with van der Waals surface area (Å²) in [7, 11) is 0. The van der Waals surface area contributed by atoms with E-state index >= 15 is 0 Å². The Labute approximate surface area is 145 Å². The molecule has 0 aliphatic heterocycles. The predicted molar refractivity (Wildman–Crippen MR) is 98.6 cm³/mol. The van der Waals surface area contributed by atoms with Gasteiger partial charge < -0.3 is 15.3 Å². The molecule has 0 aliphatic carbocycles. The first-order valence-corrected chi connectivity index (χ1v) is 8.80. The molecule has 0 spiro atoms. The first-order valence-electron chi connectivity index (χ1n) is 8.80. The van der Waals surface area contributed by atoms with Crippen molar-refractivity contribution in [2.75, 3.05) is 0 Å². The molecule has 0 aromatic carbocycles. The first kappa shape index (κ1) is 22.4. The molecule has 0 saturated heterocycles. The summed E-state index contributed by atoms with van der Waals surface area (Å²) in [4.78, 5) is 10.3.